The quantitative estimate of drug-likeness (QED) is 0.214. The van der Waals surface area contributed by atoms with Gasteiger partial charge in [-0.2, -0.15) is 105 Å². The van der Waals surface area contributed by atoms with Gasteiger partial charge in [-0.1, -0.05) is 0 Å². The van der Waals surface area contributed by atoms with Gasteiger partial charge in [0.25, 0.3) is 34.0 Å². The molecule has 0 aromatic carbocycles. The van der Waals surface area contributed by atoms with Gasteiger partial charge in [0.1, 0.15) is 0 Å². The third kappa shape index (κ3) is 2.29. The lowest BCUT2D eigenvalue weighted by Crippen LogP contribution is -3.15. The Bertz CT molecular complexity index is 1430. The summed E-state index contributed by atoms with van der Waals surface area (Å²) in [6.07, 6.45) is 0. The Morgan fingerprint density at radius 1 is 0.0962 bits per heavy atom. The Hall–Kier alpha value is -2.24. The average Bonchev–Trinajstić information content (AvgIpc) is 2.96. The SMILES string of the molecule is FC1(F)C(F)(F)C2(F)C(F)(F)C(F)(F)C(F)(F)C3(F)C4(F)C(F)(F)C(F)(F)C(F)(F)C5(F)C(F)(F)C(F)(F)C(F)(F)C(F)(C(F)(C1(F)F)C23F)C54F. The molecule has 0 bridgehead atoms. The smallest absolute Gasteiger partial charge is 0.232 e. The first-order valence-electron chi connectivity index (χ1n) is 12.0. The van der Waals surface area contributed by atoms with Crippen LogP contribution in [-0.4, -0.2) is 116 Å². The predicted molar refractivity (Wildman–Crippen MR) is 90.1 cm³/mol. The molecule has 4 unspecified atom stereocenters. The first-order valence-corrected chi connectivity index (χ1v) is 12.0. The number of fused-ring (bicyclic) bond motifs is 2. The van der Waals surface area contributed by atoms with Crippen molar-refractivity contribution < 1.29 is 140 Å². The van der Waals surface area contributed by atoms with E-state index in [2.05, 4.69) is 0 Å². The van der Waals surface area contributed by atoms with Crippen molar-refractivity contribution in [2.24, 2.45) is 0 Å². The average molecular weight is 848 g/mol. The van der Waals surface area contributed by atoms with Crippen LogP contribution in [0.15, 0.2) is 0 Å². The zero-order valence-electron chi connectivity index (χ0n) is 22.1. The Morgan fingerprint density at radius 2 is 0.192 bits per heavy atom. The molecule has 0 nitrogen and oxygen atoms in total. The summed E-state index contributed by atoms with van der Waals surface area (Å²) < 4.78 is 486. The van der Waals surface area contributed by atoms with Gasteiger partial charge in [-0.3, -0.25) is 0 Å². The monoisotopic (exact) mass is 848 g/mol. The van der Waals surface area contributed by atoms with E-state index in [0.29, 0.717) is 0 Å². The number of alkyl halides is 32. The van der Waals surface area contributed by atoms with E-state index in [1.807, 2.05) is 0 Å². The molecule has 5 aliphatic carbocycles. The molecule has 5 aliphatic rings. The molecule has 32 heteroatoms. The Balaban J connectivity index is 2.40. The second kappa shape index (κ2) is 8.02. The van der Waals surface area contributed by atoms with Crippen molar-refractivity contribution in [3.63, 3.8) is 0 Å². The maximum absolute atomic E-state index is 16.7. The van der Waals surface area contributed by atoms with Crippen LogP contribution in [0.2, 0.25) is 0 Å². The van der Waals surface area contributed by atoms with Crippen LogP contribution in [0.4, 0.5) is 140 Å². The second-order valence-corrected chi connectivity index (χ2v) is 12.2. The van der Waals surface area contributed by atoms with Crippen LogP contribution in [0.1, 0.15) is 0 Å². The summed E-state index contributed by atoms with van der Waals surface area (Å²) in [7, 11) is 0. The largest absolute Gasteiger partial charge is 0.379 e. The van der Waals surface area contributed by atoms with Gasteiger partial charge in [0.2, 0.25) is 11.3 Å². The Labute approximate surface area is 258 Å². The fourth-order valence-electron chi connectivity index (χ4n) is 7.88. The van der Waals surface area contributed by atoms with E-state index in [0.717, 1.165) is 0 Å². The third-order valence-corrected chi connectivity index (χ3v) is 10.4. The van der Waals surface area contributed by atoms with Crippen molar-refractivity contribution in [2.45, 2.75) is 116 Å². The van der Waals surface area contributed by atoms with Crippen LogP contribution in [0, 0.1) is 0 Å². The number of halogens is 32. The number of hydrogen-bond donors (Lipinski definition) is 0. The Kier molecular flexibility index (Phi) is 6.31. The highest BCUT2D eigenvalue weighted by molar-refractivity contribution is 5.63. The van der Waals surface area contributed by atoms with Crippen molar-refractivity contribution in [1.29, 1.82) is 0 Å². The van der Waals surface area contributed by atoms with Crippen LogP contribution in [-0.2, 0) is 0 Å². The molecule has 4 atom stereocenters. The molecule has 5 saturated carbocycles. The summed E-state index contributed by atoms with van der Waals surface area (Å²) in [4.78, 5) is 0. The molecule has 0 aliphatic heterocycles. The van der Waals surface area contributed by atoms with Crippen LogP contribution in [0.25, 0.3) is 0 Å². The Morgan fingerprint density at radius 3 is 0.308 bits per heavy atom. The van der Waals surface area contributed by atoms with Crippen molar-refractivity contribution in [3.8, 4) is 0 Å². The minimum atomic E-state index is -10.9. The van der Waals surface area contributed by atoms with Crippen LogP contribution >= 0.6 is 0 Å². The van der Waals surface area contributed by atoms with E-state index < -0.39 is 116 Å². The van der Waals surface area contributed by atoms with Crippen LogP contribution < -0.4 is 0 Å². The molecule has 0 radical (unpaired) electrons. The maximum Gasteiger partial charge on any atom is 0.379 e. The van der Waals surface area contributed by atoms with Crippen molar-refractivity contribution in [1.82, 2.24) is 0 Å². The molecule has 0 heterocycles. The second-order valence-electron chi connectivity index (χ2n) is 12.2. The lowest BCUT2D eigenvalue weighted by Gasteiger charge is -2.79. The van der Waals surface area contributed by atoms with Crippen LogP contribution in [0.3, 0.4) is 0 Å². The minimum absolute atomic E-state index is 9.80. The van der Waals surface area contributed by atoms with E-state index in [1.165, 1.54) is 0 Å². The summed E-state index contributed by atoms with van der Waals surface area (Å²) in [6.45, 7) is 0. The molecule has 0 aromatic heterocycles. The van der Waals surface area contributed by atoms with Gasteiger partial charge in [0, 0.05) is 0 Å². The lowest BCUT2D eigenvalue weighted by atomic mass is 9.29. The van der Waals surface area contributed by atoms with Gasteiger partial charge in [0.05, 0.1) is 0 Å². The van der Waals surface area contributed by atoms with Crippen molar-refractivity contribution >= 4 is 0 Å². The van der Waals surface area contributed by atoms with Gasteiger partial charge in [-0.05, 0) is 0 Å². The highest BCUT2D eigenvalue weighted by Gasteiger charge is 3.29. The summed E-state index contributed by atoms with van der Waals surface area (Å²) in [6, 6.07) is 0. The molecule has 0 spiro atoms. The molecular weight excluding hydrogens is 848 g/mol. The predicted octanol–water partition coefficient (Wildman–Crippen LogP) is 9.34. The van der Waals surface area contributed by atoms with E-state index in [9.17, 15) is 70.2 Å². The zero-order valence-corrected chi connectivity index (χ0v) is 22.1. The summed E-state index contributed by atoms with van der Waals surface area (Å²) >= 11 is 0. The number of rotatable bonds is 0. The molecular formula is C20F32. The molecule has 0 aromatic rings. The minimum Gasteiger partial charge on any atom is -0.232 e. The van der Waals surface area contributed by atoms with E-state index >= 15 is 70.2 Å². The molecule has 0 amide bonds. The standard InChI is InChI=1S/C20F32/c21-1-3(23)5(25)2(22)6(26,12(35,36)20(51,52)16(43,44)8(2,28)15(41,42)19(49,50)11(5,33)34)4(1,24)10(31,32)18(47,48)14(39,40)7(1,27)13(37,38)17(45,46)9(3,29)30. The van der Waals surface area contributed by atoms with E-state index in [1.54, 1.807) is 0 Å². The number of hydrogen-bond acceptors (Lipinski definition) is 0. The molecule has 5 fully saturated rings. The summed E-state index contributed by atoms with van der Waals surface area (Å²) in [5.74, 6) is -120. The zero-order chi connectivity index (χ0) is 42.0. The summed E-state index contributed by atoms with van der Waals surface area (Å²) in [5.41, 5.74) is -85.9. The topological polar surface area (TPSA) is 0 Å². The first kappa shape index (κ1) is 40.9. The molecule has 52 heavy (non-hydrogen) atoms. The van der Waals surface area contributed by atoms with E-state index in [4.69, 9.17) is 0 Å². The van der Waals surface area contributed by atoms with Crippen molar-refractivity contribution in [3.05, 3.63) is 0 Å². The maximum atomic E-state index is 16.7. The fourth-order valence-corrected chi connectivity index (χ4v) is 7.88. The van der Waals surface area contributed by atoms with E-state index in [-0.39, 0.29) is 0 Å². The van der Waals surface area contributed by atoms with Gasteiger partial charge < -0.3 is 0 Å². The highest BCUT2D eigenvalue weighted by atomic mass is 19.4. The fraction of sp³-hybridized carbons (Fsp3) is 1.00. The third-order valence-electron chi connectivity index (χ3n) is 10.4. The van der Waals surface area contributed by atoms with Crippen molar-refractivity contribution in [2.75, 3.05) is 0 Å². The molecule has 304 valence electrons. The summed E-state index contributed by atoms with van der Waals surface area (Å²) in [5, 5.41) is 0. The highest BCUT2D eigenvalue weighted by Crippen LogP contribution is 2.94. The van der Waals surface area contributed by atoms with Crippen LogP contribution in [0.5, 0.6) is 0 Å². The van der Waals surface area contributed by atoms with Gasteiger partial charge >= 0.3 is 71.1 Å². The normalized spacial score (nSPS) is 53.5. The first-order chi connectivity index (χ1) is 22.0. The molecule has 0 N–H and O–H groups in total. The van der Waals surface area contributed by atoms with Gasteiger partial charge in [-0.25, -0.2) is 35.1 Å². The van der Waals surface area contributed by atoms with Gasteiger partial charge in [-0.15, -0.1) is 0 Å². The van der Waals surface area contributed by atoms with Gasteiger partial charge in [0.15, 0.2) is 0 Å². The molecule has 5 rings (SSSR count). The molecule has 0 saturated heterocycles. The lowest BCUT2D eigenvalue weighted by molar-refractivity contribution is -0.625.